The summed E-state index contributed by atoms with van der Waals surface area (Å²) in [6.07, 6.45) is 2.08. The summed E-state index contributed by atoms with van der Waals surface area (Å²) in [5.74, 6) is 1.27. The summed E-state index contributed by atoms with van der Waals surface area (Å²) in [5.41, 5.74) is 3.72. The minimum absolute atomic E-state index is 0.214. The van der Waals surface area contributed by atoms with E-state index in [9.17, 15) is 5.11 Å². The van der Waals surface area contributed by atoms with E-state index in [0.29, 0.717) is 11.8 Å². The summed E-state index contributed by atoms with van der Waals surface area (Å²) in [6, 6.07) is 14.4. The SMILES string of the molecule is COc1ccccc1C(C)NC1CCc2cc(O)ccc21. The second kappa shape index (κ2) is 5.78. The first-order valence-corrected chi connectivity index (χ1v) is 7.40. The molecular weight excluding hydrogens is 262 g/mol. The molecule has 0 radical (unpaired) electrons. The van der Waals surface area contributed by atoms with Crippen LogP contribution in [0.25, 0.3) is 0 Å². The molecule has 0 bridgehead atoms. The van der Waals surface area contributed by atoms with Gasteiger partial charge in [0.1, 0.15) is 11.5 Å². The minimum Gasteiger partial charge on any atom is -0.508 e. The number of para-hydroxylation sites is 1. The monoisotopic (exact) mass is 283 g/mol. The minimum atomic E-state index is 0.214. The molecule has 0 fully saturated rings. The maximum Gasteiger partial charge on any atom is 0.123 e. The smallest absolute Gasteiger partial charge is 0.123 e. The Hall–Kier alpha value is -2.00. The molecule has 2 aromatic rings. The van der Waals surface area contributed by atoms with E-state index in [4.69, 9.17) is 4.74 Å². The van der Waals surface area contributed by atoms with Crippen molar-refractivity contribution in [1.82, 2.24) is 5.32 Å². The highest BCUT2D eigenvalue weighted by Crippen LogP contribution is 2.35. The molecule has 2 aromatic carbocycles. The summed E-state index contributed by atoms with van der Waals surface area (Å²) < 4.78 is 5.44. The molecule has 2 N–H and O–H groups in total. The maximum atomic E-state index is 9.57. The first kappa shape index (κ1) is 14.0. The van der Waals surface area contributed by atoms with Gasteiger partial charge in [-0.05, 0) is 49.1 Å². The highest BCUT2D eigenvalue weighted by atomic mass is 16.5. The van der Waals surface area contributed by atoms with Crippen LogP contribution in [0.3, 0.4) is 0 Å². The summed E-state index contributed by atoms with van der Waals surface area (Å²) in [6.45, 7) is 2.16. The molecule has 2 unspecified atom stereocenters. The molecule has 110 valence electrons. The molecule has 3 nitrogen and oxygen atoms in total. The summed E-state index contributed by atoms with van der Waals surface area (Å²) in [7, 11) is 1.71. The second-order valence-corrected chi connectivity index (χ2v) is 5.60. The van der Waals surface area contributed by atoms with Crippen molar-refractivity contribution in [2.24, 2.45) is 0 Å². The van der Waals surface area contributed by atoms with Crippen molar-refractivity contribution in [2.75, 3.05) is 7.11 Å². The number of hydrogen-bond donors (Lipinski definition) is 2. The van der Waals surface area contributed by atoms with E-state index >= 15 is 0 Å². The first-order chi connectivity index (χ1) is 10.2. The predicted octanol–water partition coefficient (Wildman–Crippen LogP) is 3.74. The average molecular weight is 283 g/mol. The van der Waals surface area contributed by atoms with Crippen molar-refractivity contribution in [3.63, 3.8) is 0 Å². The van der Waals surface area contributed by atoms with Crippen LogP contribution in [-0.2, 0) is 6.42 Å². The van der Waals surface area contributed by atoms with E-state index in [1.54, 1.807) is 13.2 Å². The molecule has 21 heavy (non-hydrogen) atoms. The largest absolute Gasteiger partial charge is 0.508 e. The molecule has 0 amide bonds. The molecule has 0 heterocycles. The van der Waals surface area contributed by atoms with Crippen molar-refractivity contribution >= 4 is 0 Å². The van der Waals surface area contributed by atoms with Gasteiger partial charge in [-0.3, -0.25) is 0 Å². The van der Waals surface area contributed by atoms with Crippen LogP contribution in [0.2, 0.25) is 0 Å². The van der Waals surface area contributed by atoms with Gasteiger partial charge in [0.15, 0.2) is 0 Å². The lowest BCUT2D eigenvalue weighted by Crippen LogP contribution is -2.23. The van der Waals surface area contributed by atoms with Gasteiger partial charge >= 0.3 is 0 Å². The number of fused-ring (bicyclic) bond motifs is 1. The summed E-state index contributed by atoms with van der Waals surface area (Å²) in [5, 5.41) is 13.3. The maximum absolute atomic E-state index is 9.57. The van der Waals surface area contributed by atoms with Gasteiger partial charge in [0, 0.05) is 17.6 Å². The average Bonchev–Trinajstić information content (AvgIpc) is 2.89. The zero-order chi connectivity index (χ0) is 14.8. The third kappa shape index (κ3) is 2.74. The Morgan fingerprint density at radius 2 is 2.05 bits per heavy atom. The Morgan fingerprint density at radius 1 is 1.24 bits per heavy atom. The highest BCUT2D eigenvalue weighted by molar-refractivity contribution is 5.41. The van der Waals surface area contributed by atoms with Crippen molar-refractivity contribution in [3.05, 3.63) is 59.2 Å². The van der Waals surface area contributed by atoms with Gasteiger partial charge in [0.05, 0.1) is 7.11 Å². The highest BCUT2D eigenvalue weighted by Gasteiger charge is 2.24. The molecule has 3 rings (SSSR count). The van der Waals surface area contributed by atoms with E-state index in [-0.39, 0.29) is 6.04 Å². The van der Waals surface area contributed by atoms with Crippen molar-refractivity contribution in [2.45, 2.75) is 31.8 Å². The normalized spacial score (nSPS) is 18.3. The lowest BCUT2D eigenvalue weighted by molar-refractivity contribution is 0.393. The lowest BCUT2D eigenvalue weighted by Gasteiger charge is -2.22. The second-order valence-electron chi connectivity index (χ2n) is 5.60. The number of ether oxygens (including phenoxy) is 1. The van der Waals surface area contributed by atoms with Crippen LogP contribution in [-0.4, -0.2) is 12.2 Å². The third-order valence-corrected chi connectivity index (χ3v) is 4.26. The van der Waals surface area contributed by atoms with Gasteiger partial charge in [-0.2, -0.15) is 0 Å². The van der Waals surface area contributed by atoms with Crippen LogP contribution in [0.1, 0.15) is 42.1 Å². The standard InChI is InChI=1S/C18H21NO2/c1-12(15-5-3-4-6-18(15)21-2)19-17-10-7-13-11-14(20)8-9-16(13)17/h3-6,8-9,11-12,17,19-20H,7,10H2,1-2H3. The summed E-state index contributed by atoms with van der Waals surface area (Å²) >= 11 is 0. The molecule has 3 heteroatoms. The van der Waals surface area contributed by atoms with Crippen LogP contribution < -0.4 is 10.1 Å². The number of rotatable bonds is 4. The van der Waals surface area contributed by atoms with Gasteiger partial charge in [-0.25, -0.2) is 0 Å². The Balaban J connectivity index is 1.79. The Bertz CT molecular complexity index is 639. The van der Waals surface area contributed by atoms with E-state index < -0.39 is 0 Å². The molecule has 0 aliphatic heterocycles. The Kier molecular flexibility index (Phi) is 3.84. The predicted molar refractivity (Wildman–Crippen MR) is 83.7 cm³/mol. The zero-order valence-electron chi connectivity index (χ0n) is 12.5. The molecular formula is C18H21NO2. The molecule has 0 spiro atoms. The third-order valence-electron chi connectivity index (χ3n) is 4.26. The number of phenolic OH excluding ortho intramolecular Hbond substituents is 1. The van der Waals surface area contributed by atoms with Gasteiger partial charge in [0.25, 0.3) is 0 Å². The topological polar surface area (TPSA) is 41.5 Å². The number of phenols is 1. The quantitative estimate of drug-likeness (QED) is 0.898. The number of hydrogen-bond acceptors (Lipinski definition) is 3. The Labute approximate surface area is 125 Å². The van der Waals surface area contributed by atoms with Gasteiger partial charge in [-0.1, -0.05) is 24.3 Å². The number of aromatic hydroxyl groups is 1. The fourth-order valence-electron chi connectivity index (χ4n) is 3.19. The van der Waals surface area contributed by atoms with Crippen LogP contribution >= 0.6 is 0 Å². The van der Waals surface area contributed by atoms with Crippen LogP contribution in [0.15, 0.2) is 42.5 Å². The van der Waals surface area contributed by atoms with E-state index in [1.807, 2.05) is 30.3 Å². The first-order valence-electron chi connectivity index (χ1n) is 7.40. The van der Waals surface area contributed by atoms with E-state index in [1.165, 1.54) is 16.7 Å². The zero-order valence-corrected chi connectivity index (χ0v) is 12.5. The molecule has 1 aliphatic rings. The molecule has 0 saturated heterocycles. The Morgan fingerprint density at radius 3 is 2.86 bits per heavy atom. The molecule has 2 atom stereocenters. The van der Waals surface area contributed by atoms with Crippen molar-refractivity contribution < 1.29 is 9.84 Å². The van der Waals surface area contributed by atoms with Crippen molar-refractivity contribution in [1.29, 1.82) is 0 Å². The van der Waals surface area contributed by atoms with E-state index in [0.717, 1.165) is 18.6 Å². The van der Waals surface area contributed by atoms with E-state index in [2.05, 4.69) is 18.3 Å². The van der Waals surface area contributed by atoms with Crippen LogP contribution in [0.4, 0.5) is 0 Å². The number of benzene rings is 2. The number of aryl methyl sites for hydroxylation is 1. The van der Waals surface area contributed by atoms with Gasteiger partial charge in [-0.15, -0.1) is 0 Å². The molecule has 0 saturated carbocycles. The van der Waals surface area contributed by atoms with Crippen LogP contribution in [0, 0.1) is 0 Å². The molecule has 1 aliphatic carbocycles. The van der Waals surface area contributed by atoms with Gasteiger partial charge < -0.3 is 15.2 Å². The fraction of sp³-hybridized carbons (Fsp3) is 0.333. The van der Waals surface area contributed by atoms with Crippen LogP contribution in [0.5, 0.6) is 11.5 Å². The number of methoxy groups -OCH3 is 1. The molecule has 0 aromatic heterocycles. The van der Waals surface area contributed by atoms with Crippen molar-refractivity contribution in [3.8, 4) is 11.5 Å². The van der Waals surface area contributed by atoms with Gasteiger partial charge in [0.2, 0.25) is 0 Å². The number of nitrogens with one attached hydrogen (secondary N) is 1. The fourth-order valence-corrected chi connectivity index (χ4v) is 3.19. The summed E-state index contributed by atoms with van der Waals surface area (Å²) in [4.78, 5) is 0. The lowest BCUT2D eigenvalue weighted by atomic mass is 10.0.